The molecule has 3 heteroatoms. The van der Waals surface area contributed by atoms with E-state index >= 15 is 0 Å². The van der Waals surface area contributed by atoms with Crippen molar-refractivity contribution >= 4 is 22.8 Å². The van der Waals surface area contributed by atoms with Crippen LogP contribution in [0.3, 0.4) is 0 Å². The van der Waals surface area contributed by atoms with E-state index in [1.54, 1.807) is 17.4 Å². The standard InChI is InChI=1S/C14H15NOS/c1-8-5-4-6-11(13(8)15)14(16)12-7-9(2)17-10(12)3/h4-7H,15H2,1-3H3. The molecule has 0 fully saturated rings. The summed E-state index contributed by atoms with van der Waals surface area (Å²) < 4.78 is 0. The van der Waals surface area contributed by atoms with E-state index in [4.69, 9.17) is 5.73 Å². The van der Waals surface area contributed by atoms with Crippen LogP contribution in [0.5, 0.6) is 0 Å². The van der Waals surface area contributed by atoms with Gasteiger partial charge in [0.15, 0.2) is 5.78 Å². The molecule has 0 radical (unpaired) electrons. The number of thiophene rings is 1. The van der Waals surface area contributed by atoms with Crippen LogP contribution in [0.1, 0.15) is 31.2 Å². The third-order valence-corrected chi connectivity index (χ3v) is 3.82. The van der Waals surface area contributed by atoms with Crippen molar-refractivity contribution in [3.8, 4) is 0 Å². The maximum absolute atomic E-state index is 12.4. The average Bonchev–Trinajstić information content (AvgIpc) is 2.61. The number of ketones is 1. The normalized spacial score (nSPS) is 10.5. The third-order valence-electron chi connectivity index (χ3n) is 2.85. The van der Waals surface area contributed by atoms with Crippen molar-refractivity contribution < 1.29 is 4.79 Å². The Balaban J connectivity index is 2.51. The van der Waals surface area contributed by atoms with Crippen LogP contribution in [-0.2, 0) is 0 Å². The number of rotatable bonds is 2. The highest BCUT2D eigenvalue weighted by atomic mass is 32.1. The lowest BCUT2D eigenvalue weighted by Crippen LogP contribution is -2.06. The Kier molecular flexibility index (Phi) is 3.03. The molecule has 0 aliphatic rings. The maximum atomic E-state index is 12.4. The lowest BCUT2D eigenvalue weighted by molar-refractivity contribution is 0.103. The maximum Gasteiger partial charge on any atom is 0.196 e. The summed E-state index contributed by atoms with van der Waals surface area (Å²) in [6.07, 6.45) is 0. The molecule has 1 heterocycles. The minimum Gasteiger partial charge on any atom is -0.398 e. The second kappa shape index (κ2) is 4.34. The second-order valence-electron chi connectivity index (χ2n) is 4.19. The first kappa shape index (κ1) is 11.9. The Morgan fingerprint density at radius 2 is 1.88 bits per heavy atom. The summed E-state index contributed by atoms with van der Waals surface area (Å²) in [6.45, 7) is 5.89. The number of carbonyl (C=O) groups is 1. The van der Waals surface area contributed by atoms with Crippen LogP contribution in [0.15, 0.2) is 24.3 Å². The van der Waals surface area contributed by atoms with Crippen molar-refractivity contribution in [1.29, 1.82) is 0 Å². The van der Waals surface area contributed by atoms with Crippen LogP contribution in [-0.4, -0.2) is 5.78 Å². The molecule has 0 spiro atoms. The summed E-state index contributed by atoms with van der Waals surface area (Å²) in [5.74, 6) is 0.0213. The summed E-state index contributed by atoms with van der Waals surface area (Å²) in [4.78, 5) is 14.6. The second-order valence-corrected chi connectivity index (χ2v) is 5.65. The number of hydrogen-bond donors (Lipinski definition) is 1. The van der Waals surface area contributed by atoms with Gasteiger partial charge in [-0.25, -0.2) is 0 Å². The van der Waals surface area contributed by atoms with Gasteiger partial charge in [-0.1, -0.05) is 12.1 Å². The van der Waals surface area contributed by atoms with E-state index in [2.05, 4.69) is 0 Å². The van der Waals surface area contributed by atoms with Gasteiger partial charge in [0.05, 0.1) is 0 Å². The quantitative estimate of drug-likeness (QED) is 0.650. The van der Waals surface area contributed by atoms with Gasteiger partial charge in [-0.2, -0.15) is 0 Å². The number of benzene rings is 1. The van der Waals surface area contributed by atoms with Gasteiger partial charge in [-0.3, -0.25) is 4.79 Å². The molecule has 0 bridgehead atoms. The molecule has 17 heavy (non-hydrogen) atoms. The Hall–Kier alpha value is -1.61. The third kappa shape index (κ3) is 2.11. The van der Waals surface area contributed by atoms with Gasteiger partial charge in [0.25, 0.3) is 0 Å². The van der Waals surface area contributed by atoms with Crippen LogP contribution in [0, 0.1) is 20.8 Å². The molecule has 1 aromatic heterocycles. The van der Waals surface area contributed by atoms with Gasteiger partial charge in [0, 0.05) is 26.6 Å². The zero-order valence-corrected chi connectivity index (χ0v) is 11.0. The summed E-state index contributed by atoms with van der Waals surface area (Å²) in [5, 5.41) is 0. The largest absolute Gasteiger partial charge is 0.398 e. The highest BCUT2D eigenvalue weighted by Gasteiger charge is 2.16. The van der Waals surface area contributed by atoms with Crippen LogP contribution in [0.2, 0.25) is 0 Å². The molecule has 2 rings (SSSR count). The molecule has 2 N–H and O–H groups in total. The van der Waals surface area contributed by atoms with Gasteiger partial charge in [-0.05, 0) is 38.5 Å². The Bertz CT molecular complexity index is 584. The molecule has 0 atom stereocenters. The van der Waals surface area contributed by atoms with Crippen LogP contribution < -0.4 is 5.73 Å². The van der Waals surface area contributed by atoms with Crippen molar-refractivity contribution in [2.45, 2.75) is 20.8 Å². The number of para-hydroxylation sites is 1. The highest BCUT2D eigenvalue weighted by molar-refractivity contribution is 7.12. The fourth-order valence-electron chi connectivity index (χ4n) is 1.88. The highest BCUT2D eigenvalue weighted by Crippen LogP contribution is 2.26. The predicted octanol–water partition coefficient (Wildman–Crippen LogP) is 3.49. The van der Waals surface area contributed by atoms with Gasteiger partial charge in [-0.15, -0.1) is 11.3 Å². The summed E-state index contributed by atoms with van der Waals surface area (Å²) in [7, 11) is 0. The van der Waals surface area contributed by atoms with Crippen LogP contribution >= 0.6 is 11.3 Å². The van der Waals surface area contributed by atoms with Crippen molar-refractivity contribution in [2.24, 2.45) is 0 Å². The van der Waals surface area contributed by atoms with E-state index < -0.39 is 0 Å². The molecule has 2 nitrogen and oxygen atoms in total. The summed E-state index contributed by atoms with van der Waals surface area (Å²) in [6, 6.07) is 7.51. The van der Waals surface area contributed by atoms with E-state index in [1.807, 2.05) is 39.0 Å². The topological polar surface area (TPSA) is 43.1 Å². The summed E-state index contributed by atoms with van der Waals surface area (Å²) in [5.41, 5.74) is 8.86. The molecular weight excluding hydrogens is 230 g/mol. The minimum absolute atomic E-state index is 0.0213. The number of hydrogen-bond acceptors (Lipinski definition) is 3. The molecule has 1 aromatic carbocycles. The van der Waals surface area contributed by atoms with Crippen molar-refractivity contribution in [1.82, 2.24) is 0 Å². The number of nitrogen functional groups attached to an aromatic ring is 1. The van der Waals surface area contributed by atoms with Crippen LogP contribution in [0.4, 0.5) is 5.69 Å². The molecular formula is C14H15NOS. The zero-order valence-electron chi connectivity index (χ0n) is 10.2. The molecule has 0 unspecified atom stereocenters. The first-order valence-electron chi connectivity index (χ1n) is 5.47. The first-order chi connectivity index (χ1) is 8.00. The fourth-order valence-corrected chi connectivity index (χ4v) is 2.80. The van der Waals surface area contributed by atoms with E-state index in [1.165, 1.54) is 0 Å². The monoisotopic (exact) mass is 245 g/mol. The molecule has 0 aliphatic carbocycles. The molecule has 2 aromatic rings. The van der Waals surface area contributed by atoms with Crippen molar-refractivity contribution in [2.75, 3.05) is 5.73 Å². The van der Waals surface area contributed by atoms with Gasteiger partial charge in [0.1, 0.15) is 0 Å². The molecule has 0 saturated carbocycles. The van der Waals surface area contributed by atoms with Gasteiger partial charge >= 0.3 is 0 Å². The smallest absolute Gasteiger partial charge is 0.196 e. The summed E-state index contributed by atoms with van der Waals surface area (Å²) >= 11 is 1.64. The molecule has 0 saturated heterocycles. The number of anilines is 1. The molecule has 88 valence electrons. The Morgan fingerprint density at radius 3 is 2.47 bits per heavy atom. The Morgan fingerprint density at radius 1 is 1.18 bits per heavy atom. The SMILES string of the molecule is Cc1cc(C(=O)c2cccc(C)c2N)c(C)s1. The number of nitrogens with two attached hydrogens (primary N) is 1. The van der Waals surface area contributed by atoms with E-state index in [9.17, 15) is 4.79 Å². The van der Waals surface area contributed by atoms with Crippen molar-refractivity contribution in [3.05, 3.63) is 50.7 Å². The molecule has 0 aliphatic heterocycles. The average molecular weight is 245 g/mol. The predicted molar refractivity (Wildman–Crippen MR) is 72.8 cm³/mol. The van der Waals surface area contributed by atoms with Crippen molar-refractivity contribution in [3.63, 3.8) is 0 Å². The van der Waals surface area contributed by atoms with Gasteiger partial charge in [0.2, 0.25) is 0 Å². The lowest BCUT2D eigenvalue weighted by Gasteiger charge is -2.06. The molecule has 0 amide bonds. The van der Waals surface area contributed by atoms with E-state index in [-0.39, 0.29) is 5.78 Å². The Labute approximate surface area is 105 Å². The zero-order chi connectivity index (χ0) is 12.6. The van der Waals surface area contributed by atoms with Gasteiger partial charge < -0.3 is 5.73 Å². The van der Waals surface area contributed by atoms with E-state index in [0.29, 0.717) is 11.3 Å². The minimum atomic E-state index is 0.0213. The first-order valence-corrected chi connectivity index (χ1v) is 6.29. The van der Waals surface area contributed by atoms with Crippen LogP contribution in [0.25, 0.3) is 0 Å². The fraction of sp³-hybridized carbons (Fsp3) is 0.214. The number of aryl methyl sites for hydroxylation is 3. The number of carbonyl (C=O) groups excluding carboxylic acids is 1. The van der Waals surface area contributed by atoms with E-state index in [0.717, 1.165) is 20.9 Å². The lowest BCUT2D eigenvalue weighted by atomic mass is 10.00.